The predicted octanol–water partition coefficient (Wildman–Crippen LogP) is 4.71. The molecule has 3 rings (SSSR count). The Hall–Kier alpha value is -1.98. The number of piperidine rings is 1. The number of likely N-dealkylation sites (tertiary alicyclic amines) is 1. The zero-order valence-corrected chi connectivity index (χ0v) is 17.7. The molecule has 150 valence electrons. The summed E-state index contributed by atoms with van der Waals surface area (Å²) in [5, 5.41) is 2.99. The summed E-state index contributed by atoms with van der Waals surface area (Å²) in [5.41, 5.74) is 2.44. The van der Waals surface area contributed by atoms with E-state index in [0.717, 1.165) is 28.4 Å². The van der Waals surface area contributed by atoms with Crippen molar-refractivity contribution in [3.63, 3.8) is 0 Å². The van der Waals surface area contributed by atoms with E-state index in [2.05, 4.69) is 35.3 Å². The topological polar surface area (TPSA) is 49.4 Å². The lowest BCUT2D eigenvalue weighted by atomic mass is 10.0. The Kier molecular flexibility index (Phi) is 7.40. The van der Waals surface area contributed by atoms with Gasteiger partial charge in [-0.3, -0.25) is 14.5 Å². The lowest BCUT2D eigenvalue weighted by Crippen LogP contribution is -2.37. The first-order chi connectivity index (χ1) is 13.5. The Labute approximate surface area is 172 Å². The Morgan fingerprint density at radius 3 is 2.61 bits per heavy atom. The second kappa shape index (κ2) is 9.99. The van der Waals surface area contributed by atoms with E-state index in [1.54, 1.807) is 0 Å². The third-order valence-electron chi connectivity index (χ3n) is 5.50. The van der Waals surface area contributed by atoms with E-state index < -0.39 is 0 Å². The minimum atomic E-state index is -0.0669. The number of rotatable bonds is 8. The number of amides is 1. The van der Waals surface area contributed by atoms with Crippen LogP contribution in [0.3, 0.4) is 0 Å². The van der Waals surface area contributed by atoms with Crippen LogP contribution in [0.1, 0.15) is 64.7 Å². The van der Waals surface area contributed by atoms with Crippen LogP contribution < -0.4 is 5.32 Å². The number of carbonyl (C=O) groups excluding carboxylic acids is 2. The van der Waals surface area contributed by atoms with Crippen LogP contribution in [0.25, 0.3) is 0 Å². The molecule has 2 aromatic rings. The monoisotopic (exact) mass is 398 g/mol. The first-order valence-electron chi connectivity index (χ1n) is 10.2. The van der Waals surface area contributed by atoms with E-state index in [0.29, 0.717) is 12.6 Å². The molecule has 1 fully saturated rings. The first kappa shape index (κ1) is 20.7. The molecule has 1 aliphatic heterocycles. The summed E-state index contributed by atoms with van der Waals surface area (Å²) in [5.74, 6) is -0.0180. The number of aryl methyl sites for hydroxylation is 1. The van der Waals surface area contributed by atoms with E-state index in [1.807, 2.05) is 25.1 Å². The molecular formula is C23H30N2O2S. The fourth-order valence-electron chi connectivity index (χ4n) is 3.71. The molecule has 1 aromatic carbocycles. The molecule has 5 heteroatoms. The van der Waals surface area contributed by atoms with Crippen molar-refractivity contribution in [1.29, 1.82) is 0 Å². The number of hydrogen-bond acceptors (Lipinski definition) is 4. The number of carbonyl (C=O) groups is 2. The number of Topliss-reactive ketones (excluding diaryl/α,β-unsaturated/α-hetero) is 1. The van der Waals surface area contributed by atoms with E-state index in [1.165, 1.54) is 36.2 Å². The number of hydrogen-bond donors (Lipinski definition) is 1. The number of benzene rings is 1. The zero-order valence-electron chi connectivity index (χ0n) is 16.9. The fraction of sp³-hybridized carbons (Fsp3) is 0.478. The average Bonchev–Trinajstić information content (AvgIpc) is 3.13. The van der Waals surface area contributed by atoms with Gasteiger partial charge in [-0.1, -0.05) is 30.7 Å². The summed E-state index contributed by atoms with van der Waals surface area (Å²) >= 11 is 1.49. The Balaban J connectivity index is 1.50. The molecule has 1 amide bonds. The van der Waals surface area contributed by atoms with Gasteiger partial charge < -0.3 is 5.32 Å². The summed E-state index contributed by atoms with van der Waals surface area (Å²) in [6.45, 7) is 6.88. The van der Waals surface area contributed by atoms with Crippen LogP contribution in [0.15, 0.2) is 36.4 Å². The van der Waals surface area contributed by atoms with Gasteiger partial charge in [0.1, 0.15) is 0 Å². The first-order valence-corrected chi connectivity index (χ1v) is 11.0. The van der Waals surface area contributed by atoms with Gasteiger partial charge >= 0.3 is 0 Å². The highest BCUT2D eigenvalue weighted by molar-refractivity contribution is 7.14. The molecule has 1 unspecified atom stereocenters. The average molecular weight is 399 g/mol. The van der Waals surface area contributed by atoms with Crippen molar-refractivity contribution in [2.24, 2.45) is 0 Å². The second-order valence-corrected chi connectivity index (χ2v) is 8.98. The molecule has 0 bridgehead atoms. The molecule has 0 aliphatic carbocycles. The molecule has 1 aliphatic rings. The van der Waals surface area contributed by atoms with Crippen LogP contribution >= 0.6 is 11.3 Å². The van der Waals surface area contributed by atoms with Crippen LogP contribution in [0.2, 0.25) is 0 Å². The van der Waals surface area contributed by atoms with Crippen LogP contribution in [0.5, 0.6) is 0 Å². The van der Waals surface area contributed by atoms with Gasteiger partial charge in [-0.25, -0.2) is 0 Å². The van der Waals surface area contributed by atoms with Crippen molar-refractivity contribution in [2.45, 2.75) is 65.1 Å². The smallest absolute Gasteiger partial charge is 0.220 e. The molecule has 0 spiro atoms. The third-order valence-corrected chi connectivity index (χ3v) is 6.54. The molecule has 1 aromatic heterocycles. The van der Waals surface area contributed by atoms with Gasteiger partial charge in [0.2, 0.25) is 5.91 Å². The maximum Gasteiger partial charge on any atom is 0.220 e. The highest BCUT2D eigenvalue weighted by Gasteiger charge is 2.19. The molecule has 1 saturated heterocycles. The summed E-state index contributed by atoms with van der Waals surface area (Å²) in [6.07, 6.45) is 4.34. The summed E-state index contributed by atoms with van der Waals surface area (Å²) in [7, 11) is 0. The van der Waals surface area contributed by atoms with Gasteiger partial charge in [0.05, 0.1) is 4.88 Å². The SMILES string of the molecule is Cc1ccc(C(=O)CCC(=O)NCc2ccccc2CN2CCCCC2C)s1. The van der Waals surface area contributed by atoms with Crippen molar-refractivity contribution in [3.8, 4) is 0 Å². The van der Waals surface area contributed by atoms with Crippen molar-refractivity contribution in [3.05, 3.63) is 57.3 Å². The highest BCUT2D eigenvalue weighted by atomic mass is 32.1. The zero-order chi connectivity index (χ0) is 19.9. The minimum Gasteiger partial charge on any atom is -0.352 e. The van der Waals surface area contributed by atoms with Crippen molar-refractivity contribution in [2.75, 3.05) is 6.54 Å². The van der Waals surface area contributed by atoms with Crippen LogP contribution in [0, 0.1) is 6.92 Å². The summed E-state index contributed by atoms with van der Waals surface area (Å²) in [6, 6.07) is 12.7. The molecule has 0 radical (unpaired) electrons. The lowest BCUT2D eigenvalue weighted by Gasteiger charge is -2.33. The maximum atomic E-state index is 12.2. The summed E-state index contributed by atoms with van der Waals surface area (Å²) in [4.78, 5) is 28.8. The van der Waals surface area contributed by atoms with Crippen LogP contribution in [0.4, 0.5) is 0 Å². The maximum absolute atomic E-state index is 12.2. The Bertz CT molecular complexity index is 814. The number of ketones is 1. The van der Waals surface area contributed by atoms with E-state index in [9.17, 15) is 9.59 Å². The Morgan fingerprint density at radius 1 is 1.11 bits per heavy atom. The molecule has 28 heavy (non-hydrogen) atoms. The lowest BCUT2D eigenvalue weighted by molar-refractivity contribution is -0.121. The molecule has 1 atom stereocenters. The van der Waals surface area contributed by atoms with Crippen LogP contribution in [-0.4, -0.2) is 29.2 Å². The third kappa shape index (κ3) is 5.76. The normalized spacial score (nSPS) is 17.4. The van der Waals surface area contributed by atoms with Gasteiger partial charge in [-0.05, 0) is 56.5 Å². The van der Waals surface area contributed by atoms with E-state index in [-0.39, 0.29) is 24.5 Å². The molecular weight excluding hydrogens is 368 g/mol. The van der Waals surface area contributed by atoms with Gasteiger partial charge in [0, 0.05) is 36.9 Å². The summed E-state index contributed by atoms with van der Waals surface area (Å²) < 4.78 is 0. The standard InChI is InChI=1S/C23H30N2O2S/c1-17-7-5-6-14-25(17)16-20-9-4-3-8-19(20)15-24-23(27)13-11-21(26)22-12-10-18(2)28-22/h3-4,8-10,12,17H,5-7,11,13-16H2,1-2H3,(H,24,27). The van der Waals surface area contributed by atoms with Crippen molar-refractivity contribution in [1.82, 2.24) is 10.2 Å². The Morgan fingerprint density at radius 2 is 1.89 bits per heavy atom. The largest absolute Gasteiger partial charge is 0.352 e. The molecule has 1 N–H and O–H groups in total. The number of nitrogens with zero attached hydrogens (tertiary/aromatic N) is 1. The van der Waals surface area contributed by atoms with E-state index >= 15 is 0 Å². The molecule has 4 nitrogen and oxygen atoms in total. The predicted molar refractivity (Wildman–Crippen MR) is 115 cm³/mol. The van der Waals surface area contributed by atoms with Crippen molar-refractivity contribution >= 4 is 23.0 Å². The van der Waals surface area contributed by atoms with Gasteiger partial charge in [-0.15, -0.1) is 11.3 Å². The van der Waals surface area contributed by atoms with Gasteiger partial charge in [0.15, 0.2) is 5.78 Å². The number of nitrogens with one attached hydrogen (secondary N) is 1. The quantitative estimate of drug-likeness (QED) is 0.655. The number of thiophene rings is 1. The van der Waals surface area contributed by atoms with Gasteiger partial charge in [-0.2, -0.15) is 0 Å². The van der Waals surface area contributed by atoms with E-state index in [4.69, 9.17) is 0 Å². The fourth-order valence-corrected chi connectivity index (χ4v) is 4.55. The molecule has 0 saturated carbocycles. The second-order valence-electron chi connectivity index (χ2n) is 7.69. The minimum absolute atomic E-state index is 0.0488. The van der Waals surface area contributed by atoms with Crippen molar-refractivity contribution < 1.29 is 9.59 Å². The van der Waals surface area contributed by atoms with Gasteiger partial charge in [0.25, 0.3) is 0 Å². The van der Waals surface area contributed by atoms with Crippen LogP contribution in [-0.2, 0) is 17.9 Å². The highest BCUT2D eigenvalue weighted by Crippen LogP contribution is 2.21. The molecule has 2 heterocycles.